The van der Waals surface area contributed by atoms with Gasteiger partial charge in [-0.1, -0.05) is 0 Å². The molecule has 1 aromatic rings. The Morgan fingerprint density at radius 3 is 3.00 bits per heavy atom. The molecule has 1 rings (SSSR count). The van der Waals surface area contributed by atoms with Crippen LogP contribution < -0.4 is 10.9 Å². The van der Waals surface area contributed by atoms with Gasteiger partial charge in [0.15, 0.2) is 0 Å². The Bertz CT molecular complexity index is 307. The average molecular weight is 182 g/mol. The lowest BCUT2D eigenvalue weighted by atomic mass is 10.4. The summed E-state index contributed by atoms with van der Waals surface area (Å²) >= 11 is 0. The number of nitrogens with one attached hydrogen (secondary N) is 2. The lowest BCUT2D eigenvalue weighted by Crippen LogP contribution is -2.21. The Balaban J connectivity index is 2.41. The third-order valence-electron chi connectivity index (χ3n) is 1.55. The maximum Gasteiger partial charge on any atom is 0.266 e. The van der Waals surface area contributed by atoms with Crippen LogP contribution in [0.4, 0.5) is 5.69 Å². The van der Waals surface area contributed by atoms with Gasteiger partial charge in [-0.2, -0.15) is 5.10 Å². The smallest absolute Gasteiger partial charge is 0.266 e. The predicted octanol–water partition coefficient (Wildman–Crippen LogP) is -0.257. The molecule has 0 radical (unpaired) electrons. The molecule has 13 heavy (non-hydrogen) atoms. The molecule has 72 valence electrons. The zero-order valence-electron chi connectivity index (χ0n) is 7.87. The van der Waals surface area contributed by atoms with Gasteiger partial charge in [-0.25, -0.2) is 5.10 Å². The first-order chi connectivity index (χ1) is 6.18. The van der Waals surface area contributed by atoms with Gasteiger partial charge in [0, 0.05) is 19.2 Å². The first kappa shape index (κ1) is 9.73. The van der Waals surface area contributed by atoms with E-state index in [-0.39, 0.29) is 5.56 Å². The Hall–Kier alpha value is -1.36. The molecule has 1 heterocycles. The molecule has 5 heteroatoms. The van der Waals surface area contributed by atoms with Crippen molar-refractivity contribution in [2.45, 2.75) is 0 Å². The molecule has 0 aromatic carbocycles. The van der Waals surface area contributed by atoms with Crippen molar-refractivity contribution in [3.63, 3.8) is 0 Å². The largest absolute Gasteiger partial charge is 0.382 e. The first-order valence-electron chi connectivity index (χ1n) is 4.12. The summed E-state index contributed by atoms with van der Waals surface area (Å²) in [6, 6.07) is 1.49. The molecule has 2 N–H and O–H groups in total. The van der Waals surface area contributed by atoms with Crippen molar-refractivity contribution < 1.29 is 0 Å². The first-order valence-corrected chi connectivity index (χ1v) is 4.12. The number of aromatic amines is 1. The molecule has 0 spiro atoms. The van der Waals surface area contributed by atoms with Crippen molar-refractivity contribution in [2.75, 3.05) is 32.5 Å². The fourth-order valence-electron chi connectivity index (χ4n) is 0.897. The lowest BCUT2D eigenvalue weighted by Gasteiger charge is -2.10. The minimum atomic E-state index is -0.185. The van der Waals surface area contributed by atoms with Crippen molar-refractivity contribution in [2.24, 2.45) is 0 Å². The van der Waals surface area contributed by atoms with Crippen LogP contribution in [0.3, 0.4) is 0 Å². The summed E-state index contributed by atoms with van der Waals surface area (Å²) in [5.41, 5.74) is 0.570. The standard InChI is InChI=1S/C8H14N4O/c1-12(2)4-3-9-7-5-8(13)11-10-6-7/h5-6H,3-4H2,1-2H3,(H2,9,11,13). The second kappa shape index (κ2) is 4.61. The maximum atomic E-state index is 10.8. The van der Waals surface area contributed by atoms with Crippen LogP contribution in [0, 0.1) is 0 Å². The van der Waals surface area contributed by atoms with Crippen molar-refractivity contribution >= 4 is 5.69 Å². The minimum Gasteiger partial charge on any atom is -0.382 e. The van der Waals surface area contributed by atoms with Gasteiger partial charge in [0.2, 0.25) is 0 Å². The summed E-state index contributed by atoms with van der Waals surface area (Å²) in [6.07, 6.45) is 1.59. The Morgan fingerprint density at radius 1 is 1.62 bits per heavy atom. The summed E-state index contributed by atoms with van der Waals surface area (Å²) in [5.74, 6) is 0. The van der Waals surface area contributed by atoms with E-state index in [9.17, 15) is 4.79 Å². The van der Waals surface area contributed by atoms with Gasteiger partial charge in [0.05, 0.1) is 11.9 Å². The number of hydrogen-bond donors (Lipinski definition) is 2. The van der Waals surface area contributed by atoms with Gasteiger partial charge in [0.25, 0.3) is 5.56 Å². The highest BCUT2D eigenvalue weighted by Crippen LogP contribution is 1.96. The Morgan fingerprint density at radius 2 is 2.38 bits per heavy atom. The second-order valence-electron chi connectivity index (χ2n) is 3.06. The minimum absolute atomic E-state index is 0.185. The van der Waals surface area contributed by atoms with E-state index in [0.29, 0.717) is 0 Å². The maximum absolute atomic E-state index is 10.8. The summed E-state index contributed by atoms with van der Waals surface area (Å²) < 4.78 is 0. The monoisotopic (exact) mass is 182 g/mol. The van der Waals surface area contributed by atoms with Gasteiger partial charge < -0.3 is 10.2 Å². The van der Waals surface area contributed by atoms with E-state index in [1.165, 1.54) is 6.07 Å². The zero-order valence-corrected chi connectivity index (χ0v) is 7.87. The number of likely N-dealkylation sites (N-methyl/N-ethyl adjacent to an activating group) is 1. The molecule has 1 aromatic heterocycles. The highest BCUT2D eigenvalue weighted by molar-refractivity contribution is 5.38. The van der Waals surface area contributed by atoms with Gasteiger partial charge in [-0.3, -0.25) is 4.79 Å². The van der Waals surface area contributed by atoms with Crippen molar-refractivity contribution in [1.82, 2.24) is 15.1 Å². The van der Waals surface area contributed by atoms with E-state index in [1.807, 2.05) is 14.1 Å². The molecule has 0 aliphatic rings. The number of aromatic nitrogens is 2. The third kappa shape index (κ3) is 3.71. The highest BCUT2D eigenvalue weighted by Gasteiger charge is 1.93. The van der Waals surface area contributed by atoms with E-state index >= 15 is 0 Å². The molecule has 0 saturated carbocycles. The number of H-pyrrole nitrogens is 1. The third-order valence-corrected chi connectivity index (χ3v) is 1.55. The van der Waals surface area contributed by atoms with Crippen LogP contribution in [-0.2, 0) is 0 Å². The number of nitrogens with zero attached hydrogens (tertiary/aromatic N) is 2. The van der Waals surface area contributed by atoms with E-state index in [4.69, 9.17) is 0 Å². The van der Waals surface area contributed by atoms with Crippen molar-refractivity contribution in [1.29, 1.82) is 0 Å². The molecule has 0 aliphatic carbocycles. The molecule has 0 saturated heterocycles. The van der Waals surface area contributed by atoms with Crippen molar-refractivity contribution in [3.8, 4) is 0 Å². The average Bonchev–Trinajstić information content (AvgIpc) is 2.03. The Kier molecular flexibility index (Phi) is 3.45. The fourth-order valence-corrected chi connectivity index (χ4v) is 0.897. The molecule has 5 nitrogen and oxygen atoms in total. The van der Waals surface area contributed by atoms with Crippen LogP contribution in [0.1, 0.15) is 0 Å². The molecule has 0 bridgehead atoms. The van der Waals surface area contributed by atoms with E-state index in [1.54, 1.807) is 6.20 Å². The highest BCUT2D eigenvalue weighted by atomic mass is 16.1. The summed E-state index contributed by atoms with van der Waals surface area (Å²) in [6.45, 7) is 1.73. The second-order valence-corrected chi connectivity index (χ2v) is 3.06. The number of hydrogen-bond acceptors (Lipinski definition) is 4. The van der Waals surface area contributed by atoms with E-state index < -0.39 is 0 Å². The van der Waals surface area contributed by atoms with E-state index in [0.717, 1.165) is 18.8 Å². The number of anilines is 1. The van der Waals surface area contributed by atoms with Gasteiger partial charge >= 0.3 is 0 Å². The van der Waals surface area contributed by atoms with Gasteiger partial charge in [-0.15, -0.1) is 0 Å². The summed E-state index contributed by atoms with van der Waals surface area (Å²) in [4.78, 5) is 12.9. The summed E-state index contributed by atoms with van der Waals surface area (Å²) in [7, 11) is 4.00. The molecular formula is C8H14N4O. The number of rotatable bonds is 4. The molecule has 0 unspecified atom stereocenters. The van der Waals surface area contributed by atoms with Crippen LogP contribution in [0.5, 0.6) is 0 Å². The van der Waals surface area contributed by atoms with Crippen LogP contribution in [0.2, 0.25) is 0 Å². The summed E-state index contributed by atoms with van der Waals surface area (Å²) in [5, 5.41) is 9.08. The van der Waals surface area contributed by atoms with Crippen molar-refractivity contribution in [3.05, 3.63) is 22.6 Å². The molecular weight excluding hydrogens is 168 g/mol. The normalized spacial score (nSPS) is 10.4. The van der Waals surface area contributed by atoms with Crippen LogP contribution in [0.25, 0.3) is 0 Å². The van der Waals surface area contributed by atoms with Gasteiger partial charge in [0.1, 0.15) is 0 Å². The Labute approximate surface area is 76.8 Å². The fraction of sp³-hybridized carbons (Fsp3) is 0.500. The van der Waals surface area contributed by atoms with Gasteiger partial charge in [-0.05, 0) is 14.1 Å². The molecule has 0 fully saturated rings. The molecule has 0 amide bonds. The topological polar surface area (TPSA) is 61.0 Å². The van der Waals surface area contributed by atoms with Crippen LogP contribution in [-0.4, -0.2) is 42.3 Å². The van der Waals surface area contributed by atoms with E-state index in [2.05, 4.69) is 20.4 Å². The quantitative estimate of drug-likeness (QED) is 0.673. The molecule has 0 aliphatic heterocycles. The predicted molar refractivity (Wildman–Crippen MR) is 51.9 cm³/mol. The lowest BCUT2D eigenvalue weighted by molar-refractivity contribution is 0.425. The SMILES string of the molecule is CN(C)CCNc1cn[nH]c(=O)c1. The van der Waals surface area contributed by atoms with Crippen LogP contribution >= 0.6 is 0 Å². The van der Waals surface area contributed by atoms with Crippen LogP contribution in [0.15, 0.2) is 17.1 Å². The zero-order chi connectivity index (χ0) is 9.68. The molecule has 0 atom stereocenters.